The maximum absolute atomic E-state index is 9.96. The highest BCUT2D eigenvalue weighted by Gasteiger charge is 2.22. The predicted molar refractivity (Wildman–Crippen MR) is 185 cm³/mol. The van der Waals surface area contributed by atoms with Gasteiger partial charge in [0.2, 0.25) is 0 Å². The lowest BCUT2D eigenvalue weighted by molar-refractivity contribution is 0.331. The maximum Gasteiger partial charge on any atom is 0.156 e. The van der Waals surface area contributed by atoms with E-state index < -0.39 is 0 Å². The SMILES string of the molecule is N#Cc1cc(CN2CCCC2)cc2c1CC(c1cccc(-c3cccc(Nc4nccc5cc(CN6CCCC6)cnc45)c3)c1)=N2. The van der Waals surface area contributed by atoms with Gasteiger partial charge in [-0.3, -0.25) is 19.8 Å². The van der Waals surface area contributed by atoms with E-state index in [9.17, 15) is 5.26 Å². The van der Waals surface area contributed by atoms with Gasteiger partial charge in [0.1, 0.15) is 5.52 Å². The van der Waals surface area contributed by atoms with Crippen LogP contribution in [0.3, 0.4) is 0 Å². The van der Waals surface area contributed by atoms with E-state index in [1.54, 1.807) is 0 Å². The molecule has 7 nitrogen and oxygen atoms in total. The van der Waals surface area contributed by atoms with Crippen molar-refractivity contribution < 1.29 is 0 Å². The van der Waals surface area contributed by atoms with Gasteiger partial charge in [-0.25, -0.2) is 4.98 Å². The average molecular weight is 604 g/mol. The van der Waals surface area contributed by atoms with Crippen LogP contribution >= 0.6 is 0 Å². The molecule has 2 fully saturated rings. The summed E-state index contributed by atoms with van der Waals surface area (Å²) in [7, 11) is 0. The average Bonchev–Trinajstić information content (AvgIpc) is 3.88. The first-order valence-corrected chi connectivity index (χ1v) is 16.5. The van der Waals surface area contributed by atoms with Crippen molar-refractivity contribution in [3.63, 3.8) is 0 Å². The monoisotopic (exact) mass is 603 g/mol. The summed E-state index contributed by atoms with van der Waals surface area (Å²) in [6.07, 6.45) is 9.60. The molecule has 1 N–H and O–H groups in total. The predicted octanol–water partition coefficient (Wildman–Crippen LogP) is 7.78. The normalized spacial score (nSPS) is 16.5. The van der Waals surface area contributed by atoms with Gasteiger partial charge in [0, 0.05) is 48.5 Å². The molecule has 46 heavy (non-hydrogen) atoms. The van der Waals surface area contributed by atoms with Crippen molar-refractivity contribution in [2.45, 2.75) is 45.2 Å². The second-order valence-electron chi connectivity index (χ2n) is 12.8. The third kappa shape index (κ3) is 5.90. The first-order valence-electron chi connectivity index (χ1n) is 16.5. The Morgan fingerprint density at radius 2 is 1.46 bits per heavy atom. The molecule has 0 radical (unpaired) electrons. The lowest BCUT2D eigenvalue weighted by Gasteiger charge is -2.15. The van der Waals surface area contributed by atoms with Gasteiger partial charge < -0.3 is 5.32 Å². The Morgan fingerprint density at radius 1 is 0.739 bits per heavy atom. The first kappa shape index (κ1) is 28.6. The standard InChI is InChI=1S/C39H37N7/c40-23-33-17-27(25-45-13-1-2-14-45)19-37-35(33)22-36(44-37)31-9-5-7-29(20-31)30-8-6-10-34(21-30)43-39-38-32(11-12-41-39)18-28(24-42-38)26-46-15-3-4-16-46/h5-12,17-21,24H,1-4,13-16,22,25-26H2,(H,41,43). The molecule has 2 saturated heterocycles. The Kier molecular flexibility index (Phi) is 7.75. The van der Waals surface area contributed by atoms with Crippen molar-refractivity contribution in [3.8, 4) is 17.2 Å². The van der Waals surface area contributed by atoms with Gasteiger partial charge in [-0.2, -0.15) is 5.26 Å². The Balaban J connectivity index is 1.02. The van der Waals surface area contributed by atoms with Crippen LogP contribution < -0.4 is 5.32 Å². The molecule has 7 heteroatoms. The fraction of sp³-hybridized carbons (Fsp3) is 0.282. The number of hydrogen-bond acceptors (Lipinski definition) is 7. The lowest BCUT2D eigenvalue weighted by Crippen LogP contribution is -2.18. The summed E-state index contributed by atoms with van der Waals surface area (Å²) in [5, 5.41) is 14.6. The second-order valence-corrected chi connectivity index (χ2v) is 12.8. The van der Waals surface area contributed by atoms with Crippen molar-refractivity contribution >= 4 is 33.8 Å². The van der Waals surface area contributed by atoms with Crippen LogP contribution in [0.1, 0.15) is 53.5 Å². The van der Waals surface area contributed by atoms with Crippen molar-refractivity contribution in [2.75, 3.05) is 31.5 Å². The topological polar surface area (TPSA) is 80.4 Å². The Morgan fingerprint density at radius 3 is 2.24 bits per heavy atom. The molecule has 0 amide bonds. The highest BCUT2D eigenvalue weighted by molar-refractivity contribution is 6.07. The molecule has 0 unspecified atom stereocenters. The van der Waals surface area contributed by atoms with Crippen LogP contribution in [0.15, 0.2) is 90.2 Å². The number of nitriles is 1. The summed E-state index contributed by atoms with van der Waals surface area (Å²) in [6.45, 7) is 6.44. The number of rotatable bonds is 8. The van der Waals surface area contributed by atoms with Crippen LogP contribution in [0.2, 0.25) is 0 Å². The van der Waals surface area contributed by atoms with Gasteiger partial charge in [0.05, 0.1) is 23.0 Å². The van der Waals surface area contributed by atoms with Crippen LogP contribution in [-0.2, 0) is 19.5 Å². The number of aromatic nitrogens is 2. The highest BCUT2D eigenvalue weighted by atomic mass is 15.1. The molecule has 3 aliphatic heterocycles. The summed E-state index contributed by atoms with van der Waals surface area (Å²) in [5.74, 6) is 0.756. The Labute approximate surface area is 270 Å². The molecule has 0 bridgehead atoms. The minimum absolute atomic E-state index is 0.673. The van der Waals surface area contributed by atoms with Gasteiger partial charge in [0.25, 0.3) is 0 Å². The fourth-order valence-electron chi connectivity index (χ4n) is 7.18. The zero-order valence-electron chi connectivity index (χ0n) is 26.0. The molecule has 0 aliphatic carbocycles. The number of aliphatic imine (C=N–C) groups is 1. The number of hydrogen-bond donors (Lipinski definition) is 1. The zero-order chi connectivity index (χ0) is 30.9. The summed E-state index contributed by atoms with van der Waals surface area (Å²) < 4.78 is 0. The molecule has 228 valence electrons. The lowest BCUT2D eigenvalue weighted by atomic mass is 9.96. The molecule has 5 heterocycles. The number of likely N-dealkylation sites (tertiary alicyclic amines) is 2. The van der Waals surface area contributed by atoms with Crippen LogP contribution in [0.4, 0.5) is 17.2 Å². The molecule has 2 aromatic heterocycles. The molecule has 0 spiro atoms. The fourth-order valence-corrected chi connectivity index (χ4v) is 7.18. The summed E-state index contributed by atoms with van der Waals surface area (Å²) in [6, 6.07) is 28.0. The number of nitrogens with zero attached hydrogens (tertiary/aromatic N) is 6. The van der Waals surface area contributed by atoms with Crippen LogP contribution in [-0.4, -0.2) is 51.7 Å². The number of fused-ring (bicyclic) bond motifs is 2. The van der Waals surface area contributed by atoms with Gasteiger partial charge >= 0.3 is 0 Å². The van der Waals surface area contributed by atoms with E-state index in [0.29, 0.717) is 6.42 Å². The second kappa shape index (κ2) is 12.5. The van der Waals surface area contributed by atoms with Crippen LogP contribution in [0.5, 0.6) is 0 Å². The summed E-state index contributed by atoms with van der Waals surface area (Å²) >= 11 is 0. The Hall–Kier alpha value is -4.90. The van der Waals surface area contributed by atoms with Crippen molar-refractivity contribution in [2.24, 2.45) is 4.99 Å². The first-order chi connectivity index (χ1) is 22.7. The molecule has 0 atom stereocenters. The van der Waals surface area contributed by atoms with E-state index in [1.165, 1.54) is 49.9 Å². The smallest absolute Gasteiger partial charge is 0.156 e. The number of anilines is 2. The van der Waals surface area contributed by atoms with Gasteiger partial charge in [-0.1, -0.05) is 30.3 Å². The third-order valence-electron chi connectivity index (χ3n) is 9.53. The molecule has 8 rings (SSSR count). The minimum atomic E-state index is 0.673. The minimum Gasteiger partial charge on any atom is -0.338 e. The molecular weight excluding hydrogens is 566 g/mol. The van der Waals surface area contributed by atoms with Gasteiger partial charge in [-0.05, 0) is 122 Å². The van der Waals surface area contributed by atoms with E-state index in [2.05, 4.69) is 92.9 Å². The summed E-state index contributed by atoms with van der Waals surface area (Å²) in [5.41, 5.74) is 11.3. The largest absolute Gasteiger partial charge is 0.338 e. The molecular formula is C39H37N7. The van der Waals surface area contributed by atoms with E-state index in [-0.39, 0.29) is 0 Å². The van der Waals surface area contributed by atoms with E-state index in [4.69, 9.17) is 9.98 Å². The number of pyridine rings is 2. The molecule has 5 aromatic rings. The highest BCUT2D eigenvalue weighted by Crippen LogP contribution is 2.35. The quantitative estimate of drug-likeness (QED) is 0.195. The van der Waals surface area contributed by atoms with E-state index in [0.717, 1.165) is 87.8 Å². The number of benzene rings is 3. The van der Waals surface area contributed by atoms with Gasteiger partial charge in [-0.15, -0.1) is 0 Å². The molecule has 0 saturated carbocycles. The van der Waals surface area contributed by atoms with E-state index >= 15 is 0 Å². The number of nitrogens with one attached hydrogen (secondary N) is 1. The van der Waals surface area contributed by atoms with Crippen molar-refractivity contribution in [3.05, 3.63) is 113 Å². The van der Waals surface area contributed by atoms with Crippen molar-refractivity contribution in [1.82, 2.24) is 19.8 Å². The van der Waals surface area contributed by atoms with Crippen LogP contribution in [0.25, 0.3) is 22.0 Å². The van der Waals surface area contributed by atoms with Gasteiger partial charge in [0.15, 0.2) is 5.82 Å². The zero-order valence-corrected chi connectivity index (χ0v) is 26.0. The van der Waals surface area contributed by atoms with Crippen LogP contribution in [0, 0.1) is 11.3 Å². The third-order valence-corrected chi connectivity index (χ3v) is 9.53. The summed E-state index contributed by atoms with van der Waals surface area (Å²) in [4.78, 5) is 19.5. The Bertz CT molecular complexity index is 1990. The molecule has 3 aliphatic rings. The van der Waals surface area contributed by atoms with Crippen molar-refractivity contribution in [1.29, 1.82) is 5.26 Å². The molecule has 3 aromatic carbocycles. The maximum atomic E-state index is 9.96. The van der Waals surface area contributed by atoms with E-state index in [1.807, 2.05) is 18.5 Å².